The van der Waals surface area contributed by atoms with Crippen LogP contribution in [0.3, 0.4) is 0 Å². The van der Waals surface area contributed by atoms with Crippen LogP contribution in [0.25, 0.3) is 0 Å². The molecule has 0 saturated heterocycles. The fourth-order valence-electron chi connectivity index (χ4n) is 1.34. The molecule has 2 amide bonds. The number of carbonyl (C=O) groups is 2. The van der Waals surface area contributed by atoms with Crippen LogP contribution in [0.1, 0.15) is 24.2 Å². The predicted octanol–water partition coefficient (Wildman–Crippen LogP) is -0.378. The molecule has 0 saturated carbocycles. The van der Waals surface area contributed by atoms with Crippen molar-refractivity contribution in [3.05, 3.63) is 24.0 Å². The van der Waals surface area contributed by atoms with E-state index in [1.54, 1.807) is 0 Å². The number of hydrogen-bond acceptors (Lipinski definition) is 5. The number of nitrogen functional groups attached to an aromatic ring is 1. The Labute approximate surface area is 105 Å². The number of pyridine rings is 1. The number of anilines is 1. The van der Waals surface area contributed by atoms with Crippen molar-refractivity contribution in [1.29, 1.82) is 0 Å². The standard InChI is InChI=1S/C11H17N5O2/c1-7(2)15-10(17)6-14-11(18)8-3-4-13-5-9(8)16-12/h3-5,7,16H,6,12H2,1-2H3,(H,14,18)(H,15,17). The zero-order chi connectivity index (χ0) is 13.5. The zero-order valence-corrected chi connectivity index (χ0v) is 10.4. The van der Waals surface area contributed by atoms with E-state index in [2.05, 4.69) is 21.0 Å². The molecule has 1 aromatic heterocycles. The minimum absolute atomic E-state index is 0.0385. The summed E-state index contributed by atoms with van der Waals surface area (Å²) in [7, 11) is 0. The summed E-state index contributed by atoms with van der Waals surface area (Å²) in [5, 5.41) is 5.18. The SMILES string of the molecule is CC(C)NC(=O)CNC(=O)c1ccncc1NN. The summed E-state index contributed by atoms with van der Waals surface area (Å²) in [6.45, 7) is 3.61. The van der Waals surface area contributed by atoms with Crippen LogP contribution in [0.5, 0.6) is 0 Å². The van der Waals surface area contributed by atoms with Crippen molar-refractivity contribution in [2.24, 2.45) is 5.84 Å². The highest BCUT2D eigenvalue weighted by molar-refractivity contribution is 6.00. The van der Waals surface area contributed by atoms with Gasteiger partial charge in [-0.15, -0.1) is 0 Å². The number of nitrogens with two attached hydrogens (primary N) is 1. The molecule has 7 nitrogen and oxygen atoms in total. The summed E-state index contributed by atoms with van der Waals surface area (Å²) in [6.07, 6.45) is 2.91. The second-order valence-electron chi connectivity index (χ2n) is 3.97. The van der Waals surface area contributed by atoms with E-state index >= 15 is 0 Å². The minimum Gasteiger partial charge on any atom is -0.352 e. The number of amides is 2. The van der Waals surface area contributed by atoms with Gasteiger partial charge >= 0.3 is 0 Å². The van der Waals surface area contributed by atoms with Crippen LogP contribution in [0.15, 0.2) is 18.5 Å². The topological polar surface area (TPSA) is 109 Å². The number of hydrogen-bond donors (Lipinski definition) is 4. The van der Waals surface area contributed by atoms with Crippen molar-refractivity contribution in [2.75, 3.05) is 12.0 Å². The second-order valence-corrected chi connectivity index (χ2v) is 3.97. The van der Waals surface area contributed by atoms with Gasteiger partial charge in [0.2, 0.25) is 5.91 Å². The van der Waals surface area contributed by atoms with Crippen molar-refractivity contribution in [2.45, 2.75) is 19.9 Å². The van der Waals surface area contributed by atoms with Crippen LogP contribution in [-0.4, -0.2) is 29.4 Å². The molecule has 0 aliphatic heterocycles. The van der Waals surface area contributed by atoms with E-state index in [4.69, 9.17) is 5.84 Å². The largest absolute Gasteiger partial charge is 0.352 e. The van der Waals surface area contributed by atoms with Crippen molar-refractivity contribution in [3.8, 4) is 0 Å². The van der Waals surface area contributed by atoms with Gasteiger partial charge in [-0.3, -0.25) is 20.4 Å². The molecule has 0 fully saturated rings. The summed E-state index contributed by atoms with van der Waals surface area (Å²) in [4.78, 5) is 27.0. The van der Waals surface area contributed by atoms with Gasteiger partial charge in [0.25, 0.3) is 5.91 Å². The van der Waals surface area contributed by atoms with E-state index in [9.17, 15) is 9.59 Å². The van der Waals surface area contributed by atoms with Crippen LogP contribution in [-0.2, 0) is 4.79 Å². The molecule has 1 heterocycles. The molecule has 18 heavy (non-hydrogen) atoms. The average Bonchev–Trinajstić information content (AvgIpc) is 2.35. The number of rotatable bonds is 5. The highest BCUT2D eigenvalue weighted by Crippen LogP contribution is 2.10. The molecule has 5 N–H and O–H groups in total. The van der Waals surface area contributed by atoms with Gasteiger partial charge in [-0.1, -0.05) is 0 Å². The summed E-state index contributed by atoms with van der Waals surface area (Å²) in [5.74, 6) is 4.63. The van der Waals surface area contributed by atoms with Gasteiger partial charge in [-0.25, -0.2) is 0 Å². The van der Waals surface area contributed by atoms with Crippen LogP contribution >= 0.6 is 0 Å². The third kappa shape index (κ3) is 4.02. The molecular formula is C11H17N5O2. The lowest BCUT2D eigenvalue weighted by atomic mass is 10.2. The molecule has 0 aromatic carbocycles. The minimum atomic E-state index is -0.385. The lowest BCUT2D eigenvalue weighted by Crippen LogP contribution is -2.40. The number of carbonyl (C=O) groups excluding carboxylic acids is 2. The van der Waals surface area contributed by atoms with Crippen molar-refractivity contribution >= 4 is 17.5 Å². The van der Waals surface area contributed by atoms with Gasteiger partial charge < -0.3 is 16.1 Å². The predicted molar refractivity (Wildman–Crippen MR) is 67.7 cm³/mol. The molecule has 0 spiro atoms. The van der Waals surface area contributed by atoms with Crippen molar-refractivity contribution < 1.29 is 9.59 Å². The van der Waals surface area contributed by atoms with Gasteiger partial charge in [0.1, 0.15) is 0 Å². The van der Waals surface area contributed by atoms with E-state index < -0.39 is 0 Å². The monoisotopic (exact) mass is 251 g/mol. The third-order valence-electron chi connectivity index (χ3n) is 2.08. The van der Waals surface area contributed by atoms with Crippen LogP contribution < -0.4 is 21.9 Å². The molecule has 98 valence electrons. The number of hydrazine groups is 1. The van der Waals surface area contributed by atoms with E-state index in [1.807, 2.05) is 13.8 Å². The number of aromatic nitrogens is 1. The van der Waals surface area contributed by atoms with Crippen LogP contribution in [0.2, 0.25) is 0 Å². The highest BCUT2D eigenvalue weighted by Gasteiger charge is 2.12. The third-order valence-corrected chi connectivity index (χ3v) is 2.08. The first-order valence-electron chi connectivity index (χ1n) is 5.52. The molecule has 0 atom stereocenters. The lowest BCUT2D eigenvalue weighted by Gasteiger charge is -2.10. The summed E-state index contributed by atoms with van der Waals surface area (Å²) >= 11 is 0. The van der Waals surface area contributed by atoms with Crippen LogP contribution in [0.4, 0.5) is 5.69 Å². The Hall–Kier alpha value is -2.15. The number of nitrogens with zero attached hydrogens (tertiary/aromatic N) is 1. The van der Waals surface area contributed by atoms with Gasteiger partial charge in [0.15, 0.2) is 0 Å². The van der Waals surface area contributed by atoms with E-state index in [1.165, 1.54) is 18.5 Å². The fourth-order valence-corrected chi connectivity index (χ4v) is 1.34. The van der Waals surface area contributed by atoms with E-state index in [0.717, 1.165) is 0 Å². The molecule has 0 unspecified atom stereocenters. The first kappa shape index (κ1) is 13.9. The molecule has 7 heteroatoms. The second kappa shape index (κ2) is 6.55. The first-order chi connectivity index (χ1) is 8.54. The Morgan fingerprint density at radius 2 is 2.17 bits per heavy atom. The molecule has 0 aliphatic rings. The summed E-state index contributed by atoms with van der Waals surface area (Å²) in [6, 6.07) is 1.56. The quantitative estimate of drug-likeness (QED) is 0.421. The number of nitrogens with one attached hydrogen (secondary N) is 3. The maximum atomic E-state index is 11.8. The first-order valence-corrected chi connectivity index (χ1v) is 5.52. The van der Waals surface area contributed by atoms with E-state index in [-0.39, 0.29) is 24.4 Å². The summed E-state index contributed by atoms with van der Waals surface area (Å²) in [5.41, 5.74) is 3.11. The highest BCUT2D eigenvalue weighted by atomic mass is 16.2. The Kier molecular flexibility index (Phi) is 5.06. The molecular weight excluding hydrogens is 234 g/mol. The van der Waals surface area contributed by atoms with Crippen LogP contribution in [0, 0.1) is 0 Å². The van der Waals surface area contributed by atoms with E-state index in [0.29, 0.717) is 11.3 Å². The van der Waals surface area contributed by atoms with Crippen molar-refractivity contribution in [1.82, 2.24) is 15.6 Å². The summed E-state index contributed by atoms with van der Waals surface area (Å²) < 4.78 is 0. The lowest BCUT2D eigenvalue weighted by molar-refractivity contribution is -0.120. The van der Waals surface area contributed by atoms with Gasteiger partial charge in [0, 0.05) is 12.2 Å². The zero-order valence-electron chi connectivity index (χ0n) is 10.4. The van der Waals surface area contributed by atoms with Gasteiger partial charge in [0.05, 0.1) is 24.0 Å². The van der Waals surface area contributed by atoms with Gasteiger partial charge in [-0.05, 0) is 19.9 Å². The smallest absolute Gasteiger partial charge is 0.253 e. The Bertz CT molecular complexity index is 433. The van der Waals surface area contributed by atoms with Gasteiger partial charge in [-0.2, -0.15) is 0 Å². The normalized spacial score (nSPS) is 10.0. The Balaban J connectivity index is 2.58. The average molecular weight is 251 g/mol. The fraction of sp³-hybridized carbons (Fsp3) is 0.364. The Morgan fingerprint density at radius 3 is 2.78 bits per heavy atom. The molecule has 0 aliphatic carbocycles. The molecule has 1 rings (SSSR count). The van der Waals surface area contributed by atoms with Crippen molar-refractivity contribution in [3.63, 3.8) is 0 Å². The maximum absolute atomic E-state index is 11.8. The molecule has 1 aromatic rings. The maximum Gasteiger partial charge on any atom is 0.253 e. The Morgan fingerprint density at radius 1 is 1.44 bits per heavy atom. The molecule has 0 bridgehead atoms. The molecule has 0 radical (unpaired) electrons.